The number of carbonyl (C=O) groups is 1. The lowest BCUT2D eigenvalue weighted by Gasteiger charge is -2.31. The molecule has 3 aromatic rings. The Kier molecular flexibility index (Phi) is 5.85. The summed E-state index contributed by atoms with van der Waals surface area (Å²) in [6.45, 7) is 8.41. The van der Waals surface area contributed by atoms with E-state index in [1.54, 1.807) is 24.3 Å². The molecule has 1 amide bonds. The maximum Gasteiger partial charge on any atom is 0.261 e. The number of benzene rings is 1. The number of carbonyl (C=O) groups excluding carboxylic acids is 1. The van der Waals surface area contributed by atoms with Crippen LogP contribution < -0.4 is 5.32 Å². The van der Waals surface area contributed by atoms with Gasteiger partial charge in [0.25, 0.3) is 5.91 Å². The molecule has 0 saturated carbocycles. The highest BCUT2D eigenvalue weighted by atomic mass is 32.2. The van der Waals surface area contributed by atoms with Crippen LogP contribution in [0.4, 0.5) is 0 Å². The number of thiophene rings is 1. The van der Waals surface area contributed by atoms with Crippen molar-refractivity contribution in [1.29, 1.82) is 0 Å². The Labute approximate surface area is 186 Å². The molecule has 0 unspecified atom stereocenters. The fourth-order valence-electron chi connectivity index (χ4n) is 4.04. The smallest absolute Gasteiger partial charge is 0.261 e. The van der Waals surface area contributed by atoms with E-state index in [4.69, 9.17) is 0 Å². The number of sulfonamides is 1. The zero-order valence-electron chi connectivity index (χ0n) is 18.1. The number of aromatic nitrogens is 2. The number of amides is 1. The second-order valence-corrected chi connectivity index (χ2v) is 11.0. The van der Waals surface area contributed by atoms with E-state index in [9.17, 15) is 13.2 Å². The first-order valence-electron chi connectivity index (χ1n) is 10.3. The Bertz CT molecular complexity index is 1240. The summed E-state index contributed by atoms with van der Waals surface area (Å²) >= 11 is 1.38. The number of nitrogens with zero attached hydrogens (tertiary/aromatic N) is 3. The Hall–Kier alpha value is -2.36. The van der Waals surface area contributed by atoms with E-state index < -0.39 is 10.0 Å². The number of rotatable bonds is 4. The molecule has 0 bridgehead atoms. The highest BCUT2D eigenvalue weighted by Crippen LogP contribution is 2.31. The van der Waals surface area contributed by atoms with E-state index in [-0.39, 0.29) is 11.9 Å². The van der Waals surface area contributed by atoms with Crippen molar-refractivity contribution in [2.75, 3.05) is 13.1 Å². The standard InChI is InChI=1S/C22H26N4O3S2/c1-13-5-7-18(8-6-13)31(28,29)26-11-9-17(10-12-26)25-21(27)20-14(2)19-15(3)23-16(4)24-22(19)30-20/h5-8,17H,9-12H2,1-4H3,(H,25,27). The molecule has 1 N–H and O–H groups in total. The molecule has 9 heteroatoms. The minimum atomic E-state index is -3.51. The lowest BCUT2D eigenvalue weighted by atomic mass is 10.1. The molecule has 0 aliphatic carbocycles. The van der Waals surface area contributed by atoms with Crippen molar-refractivity contribution >= 4 is 37.5 Å². The molecule has 1 saturated heterocycles. The van der Waals surface area contributed by atoms with Gasteiger partial charge in [0.1, 0.15) is 10.7 Å². The molecule has 0 spiro atoms. The minimum Gasteiger partial charge on any atom is -0.349 e. The van der Waals surface area contributed by atoms with Crippen LogP contribution in [0.25, 0.3) is 10.2 Å². The fraction of sp³-hybridized carbons (Fsp3) is 0.409. The van der Waals surface area contributed by atoms with Crippen LogP contribution in [-0.2, 0) is 10.0 Å². The zero-order valence-corrected chi connectivity index (χ0v) is 19.7. The fourth-order valence-corrected chi connectivity index (χ4v) is 6.69. The van der Waals surface area contributed by atoms with Gasteiger partial charge < -0.3 is 5.32 Å². The van der Waals surface area contributed by atoms with Crippen molar-refractivity contribution in [2.45, 2.75) is 51.5 Å². The molecule has 3 heterocycles. The molecular weight excluding hydrogens is 432 g/mol. The van der Waals surface area contributed by atoms with E-state index >= 15 is 0 Å². The quantitative estimate of drug-likeness (QED) is 0.646. The Morgan fingerprint density at radius 3 is 2.35 bits per heavy atom. The zero-order chi connectivity index (χ0) is 22.3. The molecule has 2 aromatic heterocycles. The molecule has 1 aliphatic rings. The molecule has 7 nitrogen and oxygen atoms in total. The highest BCUT2D eigenvalue weighted by Gasteiger charge is 2.30. The molecule has 1 aromatic carbocycles. The number of hydrogen-bond acceptors (Lipinski definition) is 6. The summed E-state index contributed by atoms with van der Waals surface area (Å²) in [5, 5.41) is 4.04. The van der Waals surface area contributed by atoms with Crippen LogP contribution >= 0.6 is 11.3 Å². The normalized spacial score (nSPS) is 16.0. The van der Waals surface area contributed by atoms with Crippen LogP contribution in [0.3, 0.4) is 0 Å². The van der Waals surface area contributed by atoms with Gasteiger partial charge in [-0.15, -0.1) is 11.3 Å². The Balaban J connectivity index is 1.44. The van der Waals surface area contributed by atoms with Crippen LogP contribution in [0.15, 0.2) is 29.2 Å². The predicted molar refractivity (Wildman–Crippen MR) is 122 cm³/mol. The third-order valence-corrected chi connectivity index (χ3v) is 8.83. The summed E-state index contributed by atoms with van der Waals surface area (Å²) in [7, 11) is -3.51. The largest absolute Gasteiger partial charge is 0.349 e. The van der Waals surface area contributed by atoms with E-state index in [1.807, 2.05) is 27.7 Å². The number of aryl methyl sites for hydroxylation is 4. The first kappa shape index (κ1) is 21.9. The van der Waals surface area contributed by atoms with E-state index in [0.29, 0.717) is 41.5 Å². The van der Waals surface area contributed by atoms with Gasteiger partial charge in [-0.3, -0.25) is 4.79 Å². The van der Waals surface area contributed by atoms with Crippen LogP contribution in [0.5, 0.6) is 0 Å². The summed E-state index contributed by atoms with van der Waals surface area (Å²) in [5.41, 5.74) is 2.80. The molecule has 31 heavy (non-hydrogen) atoms. The monoisotopic (exact) mass is 458 g/mol. The summed E-state index contributed by atoms with van der Waals surface area (Å²) in [4.78, 5) is 23.6. The van der Waals surface area contributed by atoms with E-state index in [1.165, 1.54) is 15.6 Å². The van der Waals surface area contributed by atoms with Gasteiger partial charge in [0.2, 0.25) is 10.0 Å². The van der Waals surface area contributed by atoms with Crippen molar-refractivity contribution < 1.29 is 13.2 Å². The Morgan fingerprint density at radius 2 is 1.71 bits per heavy atom. The summed E-state index contributed by atoms with van der Waals surface area (Å²) in [5.74, 6) is 0.567. The third-order valence-electron chi connectivity index (χ3n) is 5.74. The van der Waals surface area contributed by atoms with Crippen molar-refractivity contribution in [1.82, 2.24) is 19.6 Å². The van der Waals surface area contributed by atoms with Crippen LogP contribution in [0.2, 0.25) is 0 Å². The average molecular weight is 459 g/mol. The van der Waals surface area contributed by atoms with Crippen LogP contribution in [0, 0.1) is 27.7 Å². The second kappa shape index (κ2) is 8.29. The number of hydrogen-bond donors (Lipinski definition) is 1. The average Bonchev–Trinajstić information content (AvgIpc) is 3.05. The molecule has 164 valence electrons. The summed E-state index contributed by atoms with van der Waals surface area (Å²) < 4.78 is 27.3. The van der Waals surface area contributed by atoms with Gasteiger partial charge >= 0.3 is 0 Å². The highest BCUT2D eigenvalue weighted by molar-refractivity contribution is 7.89. The summed E-state index contributed by atoms with van der Waals surface area (Å²) in [6, 6.07) is 6.85. The molecule has 1 aliphatic heterocycles. The SMILES string of the molecule is Cc1ccc(S(=O)(=O)N2CCC(NC(=O)c3sc4nc(C)nc(C)c4c3C)CC2)cc1. The first-order chi connectivity index (χ1) is 14.7. The van der Waals surface area contributed by atoms with Gasteiger partial charge in [-0.1, -0.05) is 17.7 Å². The molecule has 4 rings (SSSR count). The van der Waals surface area contributed by atoms with Crippen LogP contribution in [-0.4, -0.2) is 47.7 Å². The number of nitrogens with one attached hydrogen (secondary N) is 1. The van der Waals surface area contributed by atoms with Crippen molar-refractivity contribution in [3.63, 3.8) is 0 Å². The second-order valence-electron chi connectivity index (χ2n) is 8.06. The van der Waals surface area contributed by atoms with E-state index in [0.717, 1.165) is 27.0 Å². The lowest BCUT2D eigenvalue weighted by molar-refractivity contribution is 0.0927. The Morgan fingerprint density at radius 1 is 1.06 bits per heavy atom. The summed E-state index contributed by atoms with van der Waals surface area (Å²) in [6.07, 6.45) is 1.16. The molecule has 0 atom stereocenters. The van der Waals surface area contributed by atoms with Gasteiger partial charge in [0.05, 0.1) is 9.77 Å². The van der Waals surface area contributed by atoms with Crippen molar-refractivity contribution in [3.8, 4) is 0 Å². The molecule has 1 fully saturated rings. The lowest BCUT2D eigenvalue weighted by Crippen LogP contribution is -2.46. The molecule has 0 radical (unpaired) electrons. The first-order valence-corrected chi connectivity index (χ1v) is 12.5. The van der Waals surface area contributed by atoms with Gasteiger partial charge in [-0.05, 0) is 58.2 Å². The molecular formula is C22H26N4O3S2. The van der Waals surface area contributed by atoms with Crippen molar-refractivity contribution in [3.05, 3.63) is 51.8 Å². The van der Waals surface area contributed by atoms with Gasteiger partial charge in [0, 0.05) is 30.2 Å². The van der Waals surface area contributed by atoms with Gasteiger partial charge in [-0.2, -0.15) is 4.31 Å². The van der Waals surface area contributed by atoms with Crippen LogP contribution in [0.1, 0.15) is 45.2 Å². The minimum absolute atomic E-state index is 0.0597. The van der Waals surface area contributed by atoms with E-state index in [2.05, 4.69) is 15.3 Å². The topological polar surface area (TPSA) is 92.3 Å². The van der Waals surface area contributed by atoms with Gasteiger partial charge in [-0.25, -0.2) is 18.4 Å². The third kappa shape index (κ3) is 4.22. The number of fused-ring (bicyclic) bond motifs is 1. The maximum absolute atomic E-state index is 13.0. The maximum atomic E-state index is 13.0. The van der Waals surface area contributed by atoms with Crippen molar-refractivity contribution in [2.24, 2.45) is 0 Å². The van der Waals surface area contributed by atoms with Gasteiger partial charge in [0.15, 0.2) is 0 Å². The number of piperidine rings is 1. The predicted octanol–water partition coefficient (Wildman–Crippen LogP) is 3.51.